The number of anilines is 3. The lowest BCUT2D eigenvalue weighted by molar-refractivity contribution is 0.414. The first-order chi connectivity index (χ1) is 12.7. The molecular formula is C22H25N3O. The minimum Gasteiger partial charge on any atom is -0.497 e. The molecule has 0 atom stereocenters. The van der Waals surface area contributed by atoms with Crippen LogP contribution in [0.5, 0.6) is 5.75 Å². The first kappa shape index (κ1) is 17.8. The second kappa shape index (κ2) is 8.39. The van der Waals surface area contributed by atoms with Gasteiger partial charge in [0, 0.05) is 30.2 Å². The molecule has 0 saturated carbocycles. The number of hydrogen-bond acceptors (Lipinski definition) is 4. The van der Waals surface area contributed by atoms with E-state index in [1.807, 2.05) is 18.3 Å². The molecule has 0 bridgehead atoms. The zero-order chi connectivity index (χ0) is 18.4. The van der Waals surface area contributed by atoms with Gasteiger partial charge in [0.1, 0.15) is 11.6 Å². The molecule has 0 fully saturated rings. The maximum absolute atomic E-state index is 5.20. The van der Waals surface area contributed by atoms with Gasteiger partial charge in [-0.2, -0.15) is 0 Å². The molecule has 4 nitrogen and oxygen atoms in total. The lowest BCUT2D eigenvalue weighted by atomic mass is 10.1. The van der Waals surface area contributed by atoms with Crippen molar-refractivity contribution in [3.05, 3.63) is 77.5 Å². The Balaban J connectivity index is 1.73. The topological polar surface area (TPSA) is 46.2 Å². The fourth-order valence-electron chi connectivity index (χ4n) is 2.79. The fraction of sp³-hybridized carbons (Fsp3) is 0.227. The average Bonchev–Trinajstić information content (AvgIpc) is 2.67. The summed E-state index contributed by atoms with van der Waals surface area (Å²) in [5.74, 6) is 1.72. The molecule has 1 heterocycles. The third kappa shape index (κ3) is 4.54. The van der Waals surface area contributed by atoms with Gasteiger partial charge in [-0.1, -0.05) is 31.2 Å². The highest BCUT2D eigenvalue weighted by Gasteiger charge is 2.05. The molecule has 0 aliphatic heterocycles. The maximum atomic E-state index is 5.20. The van der Waals surface area contributed by atoms with E-state index >= 15 is 0 Å². The van der Waals surface area contributed by atoms with E-state index in [2.05, 4.69) is 71.9 Å². The van der Waals surface area contributed by atoms with Crippen molar-refractivity contribution in [3.63, 3.8) is 0 Å². The summed E-state index contributed by atoms with van der Waals surface area (Å²) in [5, 5.41) is 6.92. The van der Waals surface area contributed by atoms with Gasteiger partial charge in [-0.25, -0.2) is 4.98 Å². The van der Waals surface area contributed by atoms with Crippen molar-refractivity contribution in [3.8, 4) is 5.75 Å². The van der Waals surface area contributed by atoms with Gasteiger partial charge in [0.25, 0.3) is 0 Å². The predicted octanol–water partition coefficient (Wildman–Crippen LogP) is 5.32. The van der Waals surface area contributed by atoms with Gasteiger partial charge in [-0.05, 0) is 54.3 Å². The van der Waals surface area contributed by atoms with Crippen LogP contribution in [0.25, 0.3) is 0 Å². The SMILES string of the molecule is CCc1cnc(NCc2ccc(OC)cc2)cc1Nc1cccc(C)c1. The normalized spacial score (nSPS) is 10.4. The lowest BCUT2D eigenvalue weighted by Crippen LogP contribution is -2.04. The molecule has 0 spiro atoms. The molecule has 1 aromatic heterocycles. The van der Waals surface area contributed by atoms with Crippen LogP contribution in [0.4, 0.5) is 17.2 Å². The Morgan fingerprint density at radius 2 is 1.85 bits per heavy atom. The highest BCUT2D eigenvalue weighted by Crippen LogP contribution is 2.24. The smallest absolute Gasteiger partial charge is 0.128 e. The third-order valence-corrected chi connectivity index (χ3v) is 4.30. The summed E-state index contributed by atoms with van der Waals surface area (Å²) in [5.41, 5.74) is 5.79. The molecule has 0 radical (unpaired) electrons. The van der Waals surface area contributed by atoms with Crippen LogP contribution in [0.2, 0.25) is 0 Å². The summed E-state index contributed by atoms with van der Waals surface area (Å²) in [6.45, 7) is 4.95. The van der Waals surface area contributed by atoms with E-state index in [0.717, 1.165) is 29.4 Å². The number of methoxy groups -OCH3 is 1. The highest BCUT2D eigenvalue weighted by atomic mass is 16.5. The van der Waals surface area contributed by atoms with Gasteiger partial charge in [-0.15, -0.1) is 0 Å². The van der Waals surface area contributed by atoms with Crippen molar-refractivity contribution in [2.45, 2.75) is 26.8 Å². The molecule has 26 heavy (non-hydrogen) atoms. The van der Waals surface area contributed by atoms with Crippen LogP contribution in [-0.4, -0.2) is 12.1 Å². The molecule has 2 aromatic carbocycles. The Morgan fingerprint density at radius 1 is 1.04 bits per heavy atom. The molecule has 2 N–H and O–H groups in total. The van der Waals surface area contributed by atoms with E-state index < -0.39 is 0 Å². The number of nitrogens with zero attached hydrogens (tertiary/aromatic N) is 1. The van der Waals surface area contributed by atoms with Crippen LogP contribution < -0.4 is 15.4 Å². The van der Waals surface area contributed by atoms with Gasteiger partial charge in [0.2, 0.25) is 0 Å². The van der Waals surface area contributed by atoms with E-state index in [1.165, 1.54) is 16.7 Å². The zero-order valence-electron chi connectivity index (χ0n) is 15.5. The van der Waals surface area contributed by atoms with Crippen molar-refractivity contribution in [2.24, 2.45) is 0 Å². The summed E-state index contributed by atoms with van der Waals surface area (Å²) in [4.78, 5) is 4.54. The number of rotatable bonds is 7. The Bertz CT molecular complexity index is 860. The van der Waals surface area contributed by atoms with Crippen molar-refractivity contribution in [2.75, 3.05) is 17.7 Å². The van der Waals surface area contributed by atoms with Gasteiger partial charge >= 0.3 is 0 Å². The summed E-state index contributed by atoms with van der Waals surface area (Å²) in [6, 6.07) is 18.5. The van der Waals surface area contributed by atoms with Crippen LogP contribution >= 0.6 is 0 Å². The van der Waals surface area contributed by atoms with E-state index in [4.69, 9.17) is 4.74 Å². The van der Waals surface area contributed by atoms with Crippen LogP contribution in [0, 0.1) is 6.92 Å². The summed E-state index contributed by atoms with van der Waals surface area (Å²) in [7, 11) is 1.68. The fourth-order valence-corrected chi connectivity index (χ4v) is 2.79. The van der Waals surface area contributed by atoms with E-state index in [-0.39, 0.29) is 0 Å². The van der Waals surface area contributed by atoms with Crippen molar-refractivity contribution in [1.82, 2.24) is 4.98 Å². The predicted molar refractivity (Wildman–Crippen MR) is 108 cm³/mol. The minimum absolute atomic E-state index is 0.715. The second-order valence-electron chi connectivity index (χ2n) is 6.28. The van der Waals surface area contributed by atoms with Crippen LogP contribution in [0.15, 0.2) is 60.8 Å². The molecule has 4 heteroatoms. The standard InChI is InChI=1S/C22H25N3O/c1-4-18-15-24-22(23-14-17-8-10-20(26-3)11-9-17)13-21(18)25-19-7-5-6-16(2)12-19/h5-13,15H,4,14H2,1-3H3,(H2,23,24,25). The quantitative estimate of drug-likeness (QED) is 0.607. The van der Waals surface area contributed by atoms with E-state index in [0.29, 0.717) is 6.54 Å². The summed E-state index contributed by atoms with van der Waals surface area (Å²) >= 11 is 0. The van der Waals surface area contributed by atoms with Crippen LogP contribution in [0.1, 0.15) is 23.6 Å². The molecule has 0 aliphatic rings. The Morgan fingerprint density at radius 3 is 2.54 bits per heavy atom. The monoisotopic (exact) mass is 347 g/mol. The van der Waals surface area contributed by atoms with Crippen LogP contribution in [-0.2, 0) is 13.0 Å². The first-order valence-corrected chi connectivity index (χ1v) is 8.87. The number of aromatic nitrogens is 1. The maximum Gasteiger partial charge on any atom is 0.128 e. The Labute approximate surface area is 155 Å². The molecule has 0 amide bonds. The van der Waals surface area contributed by atoms with Crippen molar-refractivity contribution < 1.29 is 4.74 Å². The number of ether oxygens (including phenoxy) is 1. The van der Waals surface area contributed by atoms with Gasteiger partial charge in [0.15, 0.2) is 0 Å². The number of benzene rings is 2. The molecule has 0 aliphatic carbocycles. The number of pyridine rings is 1. The van der Waals surface area contributed by atoms with E-state index in [1.54, 1.807) is 7.11 Å². The summed E-state index contributed by atoms with van der Waals surface area (Å²) in [6.07, 6.45) is 2.87. The minimum atomic E-state index is 0.715. The van der Waals surface area contributed by atoms with Gasteiger partial charge < -0.3 is 15.4 Å². The zero-order valence-corrected chi connectivity index (χ0v) is 15.5. The number of aryl methyl sites for hydroxylation is 2. The van der Waals surface area contributed by atoms with Crippen LogP contribution in [0.3, 0.4) is 0 Å². The molecule has 0 unspecified atom stereocenters. The molecular weight excluding hydrogens is 322 g/mol. The largest absolute Gasteiger partial charge is 0.497 e. The van der Waals surface area contributed by atoms with Crippen molar-refractivity contribution >= 4 is 17.2 Å². The average molecular weight is 347 g/mol. The van der Waals surface area contributed by atoms with E-state index in [9.17, 15) is 0 Å². The highest BCUT2D eigenvalue weighted by molar-refractivity contribution is 5.66. The second-order valence-corrected chi connectivity index (χ2v) is 6.28. The van der Waals surface area contributed by atoms with Gasteiger partial charge in [-0.3, -0.25) is 0 Å². The number of nitrogens with one attached hydrogen (secondary N) is 2. The lowest BCUT2D eigenvalue weighted by Gasteiger charge is -2.14. The molecule has 3 aromatic rings. The molecule has 134 valence electrons. The third-order valence-electron chi connectivity index (χ3n) is 4.30. The Hall–Kier alpha value is -3.01. The van der Waals surface area contributed by atoms with Crippen molar-refractivity contribution in [1.29, 1.82) is 0 Å². The molecule has 3 rings (SSSR count). The first-order valence-electron chi connectivity index (χ1n) is 8.87. The number of hydrogen-bond donors (Lipinski definition) is 2. The Kier molecular flexibility index (Phi) is 5.74. The summed E-state index contributed by atoms with van der Waals surface area (Å²) < 4.78 is 5.20. The van der Waals surface area contributed by atoms with Gasteiger partial charge in [0.05, 0.1) is 7.11 Å². The molecule has 0 saturated heterocycles.